The summed E-state index contributed by atoms with van der Waals surface area (Å²) in [7, 11) is 1.65. The van der Waals surface area contributed by atoms with Crippen LogP contribution in [-0.4, -0.2) is 18.9 Å². The zero-order valence-electron chi connectivity index (χ0n) is 8.49. The maximum atomic E-state index is 5.83. The highest BCUT2D eigenvalue weighted by molar-refractivity contribution is 8.00. The van der Waals surface area contributed by atoms with E-state index in [-0.39, 0.29) is 0 Å². The molecular weight excluding hydrogens is 196 g/mol. The SMILES string of the molecule is COc1ccc(N)c(SC(C)CN)c1. The van der Waals surface area contributed by atoms with Gasteiger partial charge in [-0.25, -0.2) is 0 Å². The van der Waals surface area contributed by atoms with Gasteiger partial charge in [0.25, 0.3) is 0 Å². The van der Waals surface area contributed by atoms with Gasteiger partial charge >= 0.3 is 0 Å². The van der Waals surface area contributed by atoms with Crippen molar-refractivity contribution in [2.24, 2.45) is 5.73 Å². The second kappa shape index (κ2) is 5.12. The van der Waals surface area contributed by atoms with Crippen molar-refractivity contribution in [1.82, 2.24) is 0 Å². The summed E-state index contributed by atoms with van der Waals surface area (Å²) in [5.41, 5.74) is 12.2. The van der Waals surface area contributed by atoms with Crippen LogP contribution in [0.4, 0.5) is 5.69 Å². The molecule has 1 atom stereocenters. The number of anilines is 1. The van der Waals surface area contributed by atoms with E-state index in [9.17, 15) is 0 Å². The molecule has 1 rings (SSSR count). The Balaban J connectivity index is 2.83. The van der Waals surface area contributed by atoms with Crippen LogP contribution in [0.25, 0.3) is 0 Å². The number of hydrogen-bond acceptors (Lipinski definition) is 4. The molecule has 1 aromatic carbocycles. The van der Waals surface area contributed by atoms with Crippen molar-refractivity contribution >= 4 is 17.4 Å². The quantitative estimate of drug-likeness (QED) is 0.589. The summed E-state index contributed by atoms with van der Waals surface area (Å²) in [5.74, 6) is 0.825. The fourth-order valence-electron chi connectivity index (χ4n) is 1.01. The molecule has 78 valence electrons. The number of benzene rings is 1. The van der Waals surface area contributed by atoms with Crippen molar-refractivity contribution in [2.75, 3.05) is 19.4 Å². The summed E-state index contributed by atoms with van der Waals surface area (Å²) >= 11 is 1.67. The molecule has 1 unspecified atom stereocenters. The lowest BCUT2D eigenvalue weighted by Crippen LogP contribution is -2.12. The predicted octanol–water partition coefficient (Wildman–Crippen LogP) is 1.72. The summed E-state index contributed by atoms with van der Waals surface area (Å²) in [6.45, 7) is 2.71. The summed E-state index contributed by atoms with van der Waals surface area (Å²) in [6.07, 6.45) is 0. The Bertz CT molecular complexity index is 304. The van der Waals surface area contributed by atoms with Crippen molar-refractivity contribution in [3.8, 4) is 5.75 Å². The van der Waals surface area contributed by atoms with Crippen molar-refractivity contribution < 1.29 is 4.74 Å². The summed E-state index contributed by atoms with van der Waals surface area (Å²) in [6, 6.07) is 5.64. The van der Waals surface area contributed by atoms with E-state index in [0.29, 0.717) is 11.8 Å². The number of rotatable bonds is 4. The van der Waals surface area contributed by atoms with Gasteiger partial charge in [0, 0.05) is 22.4 Å². The molecule has 4 N–H and O–H groups in total. The van der Waals surface area contributed by atoms with Crippen LogP contribution < -0.4 is 16.2 Å². The largest absolute Gasteiger partial charge is 0.497 e. The van der Waals surface area contributed by atoms with E-state index in [2.05, 4.69) is 6.92 Å². The van der Waals surface area contributed by atoms with Crippen molar-refractivity contribution in [1.29, 1.82) is 0 Å². The monoisotopic (exact) mass is 212 g/mol. The zero-order chi connectivity index (χ0) is 10.6. The first-order chi connectivity index (χ1) is 6.67. The van der Waals surface area contributed by atoms with Gasteiger partial charge in [-0.15, -0.1) is 11.8 Å². The minimum atomic E-state index is 0.365. The highest BCUT2D eigenvalue weighted by Crippen LogP contribution is 2.31. The predicted molar refractivity (Wildman–Crippen MR) is 61.8 cm³/mol. The van der Waals surface area contributed by atoms with Crippen LogP contribution in [0.5, 0.6) is 5.75 Å². The van der Waals surface area contributed by atoms with E-state index < -0.39 is 0 Å². The molecule has 0 saturated heterocycles. The van der Waals surface area contributed by atoms with E-state index in [1.165, 1.54) is 0 Å². The molecule has 0 bridgehead atoms. The van der Waals surface area contributed by atoms with Gasteiger partial charge in [0.05, 0.1) is 7.11 Å². The number of nitrogen functional groups attached to an aromatic ring is 1. The summed E-state index contributed by atoms with van der Waals surface area (Å²) < 4.78 is 5.12. The van der Waals surface area contributed by atoms with Crippen LogP contribution >= 0.6 is 11.8 Å². The van der Waals surface area contributed by atoms with Crippen LogP contribution in [0.2, 0.25) is 0 Å². The highest BCUT2D eigenvalue weighted by Gasteiger charge is 2.06. The molecule has 14 heavy (non-hydrogen) atoms. The van der Waals surface area contributed by atoms with E-state index >= 15 is 0 Å². The first kappa shape index (κ1) is 11.2. The van der Waals surface area contributed by atoms with E-state index in [4.69, 9.17) is 16.2 Å². The number of methoxy groups -OCH3 is 1. The molecule has 0 aliphatic carbocycles. The Morgan fingerprint density at radius 2 is 2.21 bits per heavy atom. The van der Waals surface area contributed by atoms with Gasteiger partial charge in [0.1, 0.15) is 5.75 Å². The molecule has 4 heteroatoms. The fraction of sp³-hybridized carbons (Fsp3) is 0.400. The van der Waals surface area contributed by atoms with E-state index in [1.54, 1.807) is 18.9 Å². The third-order valence-corrected chi connectivity index (χ3v) is 3.08. The average Bonchev–Trinajstić information content (AvgIpc) is 2.21. The summed E-state index contributed by atoms with van der Waals surface area (Å²) in [5, 5.41) is 0.365. The van der Waals surface area contributed by atoms with Crippen molar-refractivity contribution in [3.05, 3.63) is 18.2 Å². The summed E-state index contributed by atoms with van der Waals surface area (Å²) in [4.78, 5) is 1.03. The zero-order valence-corrected chi connectivity index (χ0v) is 9.30. The second-order valence-electron chi connectivity index (χ2n) is 3.07. The maximum absolute atomic E-state index is 5.83. The number of nitrogens with two attached hydrogens (primary N) is 2. The molecule has 1 aromatic rings. The molecule has 0 aliphatic rings. The second-order valence-corrected chi connectivity index (χ2v) is 4.55. The fourth-order valence-corrected chi connectivity index (χ4v) is 1.93. The van der Waals surface area contributed by atoms with Gasteiger partial charge in [-0.2, -0.15) is 0 Å². The lowest BCUT2D eigenvalue weighted by molar-refractivity contribution is 0.414. The van der Waals surface area contributed by atoms with Crippen LogP contribution in [0.15, 0.2) is 23.1 Å². The Labute approximate surface area is 88.8 Å². The highest BCUT2D eigenvalue weighted by atomic mass is 32.2. The van der Waals surface area contributed by atoms with Gasteiger partial charge in [0.2, 0.25) is 0 Å². The Morgan fingerprint density at radius 1 is 1.50 bits per heavy atom. The molecule has 0 saturated carbocycles. The van der Waals surface area contributed by atoms with E-state index in [0.717, 1.165) is 16.3 Å². The van der Waals surface area contributed by atoms with E-state index in [1.807, 2.05) is 18.2 Å². The van der Waals surface area contributed by atoms with Crippen LogP contribution in [0.3, 0.4) is 0 Å². The number of hydrogen-bond donors (Lipinski definition) is 2. The Hall–Kier alpha value is -0.870. The lowest BCUT2D eigenvalue weighted by atomic mass is 10.3. The minimum Gasteiger partial charge on any atom is -0.497 e. The first-order valence-corrected chi connectivity index (χ1v) is 5.35. The molecule has 3 nitrogen and oxygen atoms in total. The average molecular weight is 212 g/mol. The lowest BCUT2D eigenvalue weighted by Gasteiger charge is -2.11. The smallest absolute Gasteiger partial charge is 0.120 e. The molecule has 0 radical (unpaired) electrons. The molecule has 0 aromatic heterocycles. The third-order valence-electron chi connectivity index (χ3n) is 1.88. The maximum Gasteiger partial charge on any atom is 0.120 e. The van der Waals surface area contributed by atoms with Gasteiger partial charge in [-0.3, -0.25) is 0 Å². The van der Waals surface area contributed by atoms with Crippen LogP contribution in [-0.2, 0) is 0 Å². The molecule has 0 aliphatic heterocycles. The molecule has 0 fully saturated rings. The van der Waals surface area contributed by atoms with Crippen molar-refractivity contribution in [2.45, 2.75) is 17.1 Å². The molecule has 0 spiro atoms. The van der Waals surface area contributed by atoms with Crippen molar-refractivity contribution in [3.63, 3.8) is 0 Å². The minimum absolute atomic E-state index is 0.365. The third kappa shape index (κ3) is 2.82. The molecular formula is C10H16N2OS. The standard InChI is InChI=1S/C10H16N2OS/c1-7(6-11)14-10-5-8(13-2)3-4-9(10)12/h3-5,7H,6,11-12H2,1-2H3. The van der Waals surface area contributed by atoms with Gasteiger partial charge in [-0.1, -0.05) is 6.92 Å². The Morgan fingerprint density at radius 3 is 2.79 bits per heavy atom. The molecule has 0 amide bonds. The normalized spacial score (nSPS) is 12.5. The molecule has 0 heterocycles. The first-order valence-electron chi connectivity index (χ1n) is 4.47. The number of ether oxygens (including phenoxy) is 1. The van der Waals surface area contributed by atoms with Crippen LogP contribution in [0.1, 0.15) is 6.92 Å². The van der Waals surface area contributed by atoms with Gasteiger partial charge < -0.3 is 16.2 Å². The number of thioether (sulfide) groups is 1. The topological polar surface area (TPSA) is 61.3 Å². The van der Waals surface area contributed by atoms with Crippen LogP contribution in [0, 0.1) is 0 Å². The van der Waals surface area contributed by atoms with Gasteiger partial charge in [0.15, 0.2) is 0 Å². The van der Waals surface area contributed by atoms with Gasteiger partial charge in [-0.05, 0) is 18.2 Å². The Kier molecular flexibility index (Phi) is 4.10.